The Balaban J connectivity index is 2.38. The van der Waals surface area contributed by atoms with Crippen molar-refractivity contribution >= 4 is 15.9 Å². The van der Waals surface area contributed by atoms with Crippen LogP contribution >= 0.6 is 15.9 Å². The second-order valence-corrected chi connectivity index (χ2v) is 4.69. The smallest absolute Gasteiger partial charge is 0.294 e. The zero-order chi connectivity index (χ0) is 12.4. The summed E-state index contributed by atoms with van der Waals surface area (Å²) in [4.78, 5) is 15.2. The molecule has 0 aliphatic heterocycles. The van der Waals surface area contributed by atoms with Crippen molar-refractivity contribution in [1.29, 1.82) is 0 Å². The Morgan fingerprint density at radius 1 is 1.47 bits per heavy atom. The molecule has 0 aliphatic carbocycles. The molecule has 3 nitrogen and oxygen atoms in total. The van der Waals surface area contributed by atoms with Crippen molar-refractivity contribution < 1.29 is 4.39 Å². The van der Waals surface area contributed by atoms with Crippen LogP contribution in [0.4, 0.5) is 4.39 Å². The number of rotatable bonds is 2. The molecule has 0 aliphatic rings. The number of nitrogens with zero attached hydrogens (tertiary/aromatic N) is 2. The van der Waals surface area contributed by atoms with E-state index in [2.05, 4.69) is 20.9 Å². The van der Waals surface area contributed by atoms with Gasteiger partial charge in [-0.2, -0.15) is 0 Å². The van der Waals surface area contributed by atoms with E-state index in [-0.39, 0.29) is 18.1 Å². The van der Waals surface area contributed by atoms with Crippen molar-refractivity contribution in [3.63, 3.8) is 0 Å². The highest BCUT2D eigenvalue weighted by Crippen LogP contribution is 2.15. The summed E-state index contributed by atoms with van der Waals surface area (Å²) in [5, 5.41) is 0. The molecule has 1 aromatic heterocycles. The van der Waals surface area contributed by atoms with Crippen LogP contribution in [0.2, 0.25) is 0 Å². The molecule has 17 heavy (non-hydrogen) atoms. The van der Waals surface area contributed by atoms with Crippen LogP contribution in [-0.4, -0.2) is 9.55 Å². The molecule has 0 N–H and O–H groups in total. The second kappa shape index (κ2) is 4.79. The van der Waals surface area contributed by atoms with Crippen molar-refractivity contribution in [2.24, 2.45) is 0 Å². The molecular weight excluding hydrogens is 287 g/mol. The number of aryl methyl sites for hydroxylation is 1. The van der Waals surface area contributed by atoms with Gasteiger partial charge in [-0.3, -0.25) is 4.57 Å². The summed E-state index contributed by atoms with van der Waals surface area (Å²) < 4.78 is 15.7. The summed E-state index contributed by atoms with van der Waals surface area (Å²) in [6, 6.07) is 4.77. The summed E-state index contributed by atoms with van der Waals surface area (Å²) in [5.74, 6) is -0.340. The minimum Gasteiger partial charge on any atom is -0.294 e. The molecule has 0 saturated heterocycles. The largest absolute Gasteiger partial charge is 0.347 e. The Labute approximate surface area is 106 Å². The molecule has 0 amide bonds. The first kappa shape index (κ1) is 12.0. The molecule has 2 rings (SSSR count). The zero-order valence-corrected chi connectivity index (χ0v) is 10.7. The van der Waals surface area contributed by atoms with Crippen LogP contribution in [0.25, 0.3) is 0 Å². The van der Waals surface area contributed by atoms with E-state index >= 15 is 0 Å². The summed E-state index contributed by atoms with van der Waals surface area (Å²) >= 11 is 3.19. The Kier molecular flexibility index (Phi) is 3.38. The summed E-state index contributed by atoms with van der Waals surface area (Å²) in [6.07, 6.45) is 3.16. The Bertz CT molecular complexity index is 610. The van der Waals surface area contributed by atoms with Crippen molar-refractivity contribution in [3.05, 3.63) is 62.5 Å². The molecular formula is C12H10BrFN2O. The zero-order valence-electron chi connectivity index (χ0n) is 9.15. The average molecular weight is 297 g/mol. The van der Waals surface area contributed by atoms with E-state index in [1.807, 2.05) is 6.92 Å². The third-order valence-corrected chi connectivity index (χ3v) is 2.83. The summed E-state index contributed by atoms with van der Waals surface area (Å²) in [5.41, 5.74) is 0.947. The maximum absolute atomic E-state index is 13.6. The van der Waals surface area contributed by atoms with Crippen LogP contribution in [0.5, 0.6) is 0 Å². The van der Waals surface area contributed by atoms with Gasteiger partial charge in [-0.25, -0.2) is 14.2 Å². The highest BCUT2D eigenvalue weighted by Gasteiger charge is 2.05. The Morgan fingerprint density at radius 3 is 2.94 bits per heavy atom. The highest BCUT2D eigenvalue weighted by atomic mass is 79.9. The number of halogens is 2. The normalized spacial score (nSPS) is 10.5. The first-order chi connectivity index (χ1) is 8.06. The van der Waals surface area contributed by atoms with Crippen LogP contribution in [0.15, 0.2) is 39.9 Å². The predicted molar refractivity (Wildman–Crippen MR) is 66.4 cm³/mol. The maximum Gasteiger partial charge on any atom is 0.347 e. The number of benzene rings is 1. The molecule has 5 heteroatoms. The van der Waals surface area contributed by atoms with Crippen LogP contribution < -0.4 is 5.69 Å². The van der Waals surface area contributed by atoms with E-state index < -0.39 is 0 Å². The van der Waals surface area contributed by atoms with Gasteiger partial charge >= 0.3 is 5.69 Å². The lowest BCUT2D eigenvalue weighted by Crippen LogP contribution is -2.23. The highest BCUT2D eigenvalue weighted by molar-refractivity contribution is 9.10. The van der Waals surface area contributed by atoms with E-state index in [0.29, 0.717) is 10.0 Å². The molecule has 1 heterocycles. The minimum absolute atomic E-state index is 0.187. The molecule has 0 saturated carbocycles. The summed E-state index contributed by atoms with van der Waals surface area (Å²) in [7, 11) is 0. The fraction of sp³-hybridized carbons (Fsp3) is 0.167. The molecule has 0 radical (unpaired) electrons. The van der Waals surface area contributed by atoms with Crippen LogP contribution in [-0.2, 0) is 6.54 Å². The van der Waals surface area contributed by atoms with Crippen LogP contribution in [0.1, 0.15) is 11.1 Å². The van der Waals surface area contributed by atoms with Gasteiger partial charge in [0.05, 0.1) is 6.54 Å². The van der Waals surface area contributed by atoms with Gasteiger partial charge in [0.15, 0.2) is 0 Å². The first-order valence-corrected chi connectivity index (χ1v) is 5.82. The average Bonchev–Trinajstić information content (AvgIpc) is 2.27. The maximum atomic E-state index is 13.6. The van der Waals surface area contributed by atoms with Crippen molar-refractivity contribution in [1.82, 2.24) is 9.55 Å². The van der Waals surface area contributed by atoms with Gasteiger partial charge in [0, 0.05) is 22.4 Å². The lowest BCUT2D eigenvalue weighted by molar-refractivity contribution is 0.592. The standard InChI is InChI=1S/C12H10BrFN2O/c1-8-5-15-12(17)16(6-8)7-9-2-3-10(13)4-11(9)14/h2-6H,7H2,1H3. The monoisotopic (exact) mass is 296 g/mol. The fourth-order valence-corrected chi connectivity index (χ4v) is 1.85. The van der Waals surface area contributed by atoms with E-state index in [0.717, 1.165) is 5.56 Å². The molecule has 0 unspecified atom stereocenters. The van der Waals surface area contributed by atoms with Gasteiger partial charge in [0.2, 0.25) is 0 Å². The van der Waals surface area contributed by atoms with Crippen LogP contribution in [0.3, 0.4) is 0 Å². The fourth-order valence-electron chi connectivity index (χ4n) is 1.51. The van der Waals surface area contributed by atoms with Crippen molar-refractivity contribution in [3.8, 4) is 0 Å². The van der Waals surface area contributed by atoms with E-state index in [9.17, 15) is 9.18 Å². The summed E-state index contributed by atoms with van der Waals surface area (Å²) in [6.45, 7) is 2.02. The molecule has 0 bridgehead atoms. The molecule has 0 fully saturated rings. The van der Waals surface area contributed by atoms with Gasteiger partial charge in [-0.05, 0) is 24.6 Å². The van der Waals surface area contributed by atoms with Gasteiger partial charge in [0.25, 0.3) is 0 Å². The molecule has 2 aromatic rings. The van der Waals surface area contributed by atoms with Crippen molar-refractivity contribution in [2.45, 2.75) is 13.5 Å². The van der Waals surface area contributed by atoms with Gasteiger partial charge in [-0.15, -0.1) is 0 Å². The minimum atomic E-state index is -0.377. The number of hydrogen-bond acceptors (Lipinski definition) is 2. The third-order valence-electron chi connectivity index (χ3n) is 2.34. The Morgan fingerprint density at radius 2 is 2.24 bits per heavy atom. The molecule has 88 valence electrons. The topological polar surface area (TPSA) is 34.9 Å². The van der Waals surface area contributed by atoms with Gasteiger partial charge in [-0.1, -0.05) is 22.0 Å². The predicted octanol–water partition coefficient (Wildman–Crippen LogP) is 2.50. The van der Waals surface area contributed by atoms with E-state index in [1.165, 1.54) is 16.8 Å². The lowest BCUT2D eigenvalue weighted by Gasteiger charge is -2.07. The van der Waals surface area contributed by atoms with Gasteiger partial charge < -0.3 is 0 Å². The molecule has 0 spiro atoms. The van der Waals surface area contributed by atoms with Gasteiger partial charge in [0.1, 0.15) is 5.82 Å². The quantitative estimate of drug-likeness (QED) is 0.853. The number of aromatic nitrogens is 2. The lowest BCUT2D eigenvalue weighted by atomic mass is 10.2. The Hall–Kier alpha value is -1.49. The third kappa shape index (κ3) is 2.79. The first-order valence-electron chi connectivity index (χ1n) is 5.03. The molecule has 0 atom stereocenters. The number of hydrogen-bond donors (Lipinski definition) is 0. The van der Waals surface area contributed by atoms with E-state index in [4.69, 9.17) is 0 Å². The second-order valence-electron chi connectivity index (χ2n) is 3.78. The SMILES string of the molecule is Cc1cnc(=O)n(Cc2ccc(Br)cc2F)c1. The molecule has 1 aromatic carbocycles. The van der Waals surface area contributed by atoms with E-state index in [1.54, 1.807) is 18.3 Å². The van der Waals surface area contributed by atoms with Crippen molar-refractivity contribution in [2.75, 3.05) is 0 Å². The van der Waals surface area contributed by atoms with Crippen LogP contribution in [0, 0.1) is 12.7 Å².